The average Bonchev–Trinajstić information content (AvgIpc) is 1.80. The minimum absolute atomic E-state index is 0.264. The Kier molecular flexibility index (Phi) is 3.75. The molecule has 0 fully saturated rings. The average molecular weight is 154 g/mol. The highest BCUT2D eigenvalue weighted by atomic mass is 19.3. The van der Waals surface area contributed by atoms with Crippen LogP contribution in [0.3, 0.4) is 0 Å². The molecule has 0 aromatic carbocycles. The first-order chi connectivity index (χ1) is 4.52. The van der Waals surface area contributed by atoms with Crippen molar-refractivity contribution in [3.63, 3.8) is 0 Å². The fraction of sp³-hybridized carbons (Fsp3) is 1.00. The van der Waals surface area contributed by atoms with Crippen LogP contribution in [0, 0.1) is 5.92 Å². The molecule has 0 aliphatic carbocycles. The first kappa shape index (κ1) is 9.78. The van der Waals surface area contributed by atoms with Crippen molar-refractivity contribution < 1.29 is 19.2 Å². The SMILES string of the molecule is C[NH2+]CC(CO)C(C)(F)F. The van der Waals surface area contributed by atoms with Crippen LogP contribution in [0.5, 0.6) is 0 Å². The highest BCUT2D eigenvalue weighted by Crippen LogP contribution is 2.21. The highest BCUT2D eigenvalue weighted by molar-refractivity contribution is 4.69. The lowest BCUT2D eigenvalue weighted by Gasteiger charge is -2.18. The molecule has 62 valence electrons. The smallest absolute Gasteiger partial charge is 0.255 e. The van der Waals surface area contributed by atoms with Crippen LogP contribution in [0.15, 0.2) is 0 Å². The van der Waals surface area contributed by atoms with Gasteiger partial charge >= 0.3 is 0 Å². The largest absolute Gasteiger partial charge is 0.396 e. The topological polar surface area (TPSA) is 36.8 Å². The second-order valence-corrected chi connectivity index (χ2v) is 2.48. The molecule has 0 heterocycles. The van der Waals surface area contributed by atoms with E-state index in [1.807, 2.05) is 0 Å². The number of alkyl halides is 2. The second kappa shape index (κ2) is 3.83. The first-order valence-corrected chi connectivity index (χ1v) is 3.28. The Morgan fingerprint density at radius 2 is 2.10 bits per heavy atom. The van der Waals surface area contributed by atoms with Gasteiger partial charge in [0.1, 0.15) is 0 Å². The number of hydrogen-bond donors (Lipinski definition) is 2. The van der Waals surface area contributed by atoms with Gasteiger partial charge in [-0.15, -0.1) is 0 Å². The third-order valence-corrected chi connectivity index (χ3v) is 1.46. The molecule has 1 unspecified atom stereocenters. The molecule has 0 aromatic rings. The van der Waals surface area contributed by atoms with E-state index < -0.39 is 18.4 Å². The number of halogens is 2. The van der Waals surface area contributed by atoms with Gasteiger partial charge in [-0.25, -0.2) is 8.78 Å². The molecule has 10 heavy (non-hydrogen) atoms. The Bertz CT molecular complexity index is 92.2. The van der Waals surface area contributed by atoms with Gasteiger partial charge in [0.25, 0.3) is 5.92 Å². The summed E-state index contributed by atoms with van der Waals surface area (Å²) in [6.45, 7) is 0.644. The van der Waals surface area contributed by atoms with Crippen LogP contribution < -0.4 is 5.32 Å². The van der Waals surface area contributed by atoms with E-state index >= 15 is 0 Å². The van der Waals surface area contributed by atoms with Crippen molar-refractivity contribution in [2.45, 2.75) is 12.8 Å². The van der Waals surface area contributed by atoms with Crippen LogP contribution in [0.2, 0.25) is 0 Å². The number of hydrogen-bond acceptors (Lipinski definition) is 1. The Labute approximate surface area is 59.2 Å². The third kappa shape index (κ3) is 3.08. The fourth-order valence-corrected chi connectivity index (χ4v) is 0.726. The van der Waals surface area contributed by atoms with Crippen molar-refractivity contribution in [3.8, 4) is 0 Å². The Morgan fingerprint density at radius 1 is 1.60 bits per heavy atom. The number of aliphatic hydroxyl groups is 1. The number of nitrogens with two attached hydrogens (primary N) is 1. The zero-order valence-electron chi connectivity index (χ0n) is 6.27. The summed E-state index contributed by atoms with van der Waals surface area (Å²) in [5.74, 6) is -3.68. The van der Waals surface area contributed by atoms with Gasteiger partial charge in [0, 0.05) is 0 Å². The molecule has 0 radical (unpaired) electrons. The lowest BCUT2D eigenvalue weighted by molar-refractivity contribution is -0.636. The van der Waals surface area contributed by atoms with Gasteiger partial charge in [-0.3, -0.25) is 0 Å². The summed E-state index contributed by atoms with van der Waals surface area (Å²) in [6.07, 6.45) is 0. The predicted octanol–water partition coefficient (Wildman–Crippen LogP) is -0.557. The van der Waals surface area contributed by atoms with Crippen LogP contribution in [-0.2, 0) is 0 Å². The van der Waals surface area contributed by atoms with Gasteiger partial charge in [-0.05, 0) is 6.92 Å². The van der Waals surface area contributed by atoms with E-state index in [0.29, 0.717) is 0 Å². The highest BCUT2D eigenvalue weighted by Gasteiger charge is 2.34. The predicted molar refractivity (Wildman–Crippen MR) is 33.9 cm³/mol. The molecular formula is C6H14F2NO+. The summed E-state index contributed by atoms with van der Waals surface area (Å²) in [6, 6.07) is 0. The van der Waals surface area contributed by atoms with E-state index in [1.54, 1.807) is 12.4 Å². The summed E-state index contributed by atoms with van der Waals surface area (Å²) in [5.41, 5.74) is 0. The Balaban J connectivity index is 3.81. The zero-order valence-corrected chi connectivity index (χ0v) is 6.27. The van der Waals surface area contributed by atoms with Crippen LogP contribution in [0.4, 0.5) is 8.78 Å². The quantitative estimate of drug-likeness (QED) is 0.559. The monoisotopic (exact) mass is 154 g/mol. The van der Waals surface area contributed by atoms with Crippen LogP contribution in [-0.4, -0.2) is 31.2 Å². The standard InChI is InChI=1S/C6H13F2NO/c1-6(7,8)5(4-10)3-9-2/h5,9-10H,3-4H2,1-2H3/p+1. The van der Waals surface area contributed by atoms with Gasteiger partial charge in [0.15, 0.2) is 0 Å². The fourth-order valence-electron chi connectivity index (χ4n) is 0.726. The minimum atomic E-state index is -2.76. The van der Waals surface area contributed by atoms with Crippen molar-refractivity contribution in [1.29, 1.82) is 0 Å². The lowest BCUT2D eigenvalue weighted by atomic mass is 10.0. The molecule has 0 rings (SSSR count). The molecule has 1 atom stereocenters. The third-order valence-electron chi connectivity index (χ3n) is 1.46. The van der Waals surface area contributed by atoms with E-state index in [2.05, 4.69) is 0 Å². The summed E-state index contributed by atoms with van der Waals surface area (Å²) in [7, 11) is 1.70. The second-order valence-electron chi connectivity index (χ2n) is 2.48. The van der Waals surface area contributed by atoms with Crippen molar-refractivity contribution in [3.05, 3.63) is 0 Å². The van der Waals surface area contributed by atoms with E-state index in [1.165, 1.54) is 0 Å². The molecule has 0 aromatic heterocycles. The molecule has 0 saturated carbocycles. The van der Waals surface area contributed by atoms with Crippen molar-refractivity contribution >= 4 is 0 Å². The maximum atomic E-state index is 12.4. The number of quaternary nitrogens is 1. The molecule has 0 bridgehead atoms. The summed E-state index contributed by atoms with van der Waals surface area (Å²) < 4.78 is 24.8. The van der Waals surface area contributed by atoms with Gasteiger partial charge in [0.2, 0.25) is 0 Å². The molecule has 0 aliphatic rings. The van der Waals surface area contributed by atoms with Crippen molar-refractivity contribution in [2.24, 2.45) is 5.92 Å². The summed E-state index contributed by atoms with van der Waals surface area (Å²) in [4.78, 5) is 0. The van der Waals surface area contributed by atoms with Gasteiger partial charge < -0.3 is 10.4 Å². The molecule has 0 aliphatic heterocycles. The summed E-state index contributed by atoms with van der Waals surface area (Å²) in [5, 5.41) is 10.1. The maximum absolute atomic E-state index is 12.4. The zero-order chi connectivity index (χ0) is 8.20. The molecule has 3 N–H and O–H groups in total. The summed E-state index contributed by atoms with van der Waals surface area (Å²) >= 11 is 0. The number of rotatable bonds is 4. The van der Waals surface area contributed by atoms with Crippen LogP contribution in [0.1, 0.15) is 6.92 Å². The van der Waals surface area contributed by atoms with Gasteiger partial charge in [-0.2, -0.15) is 0 Å². The molecule has 2 nitrogen and oxygen atoms in total. The van der Waals surface area contributed by atoms with Crippen LogP contribution in [0.25, 0.3) is 0 Å². The Hall–Kier alpha value is -0.220. The minimum Gasteiger partial charge on any atom is -0.396 e. The molecule has 0 saturated heterocycles. The first-order valence-electron chi connectivity index (χ1n) is 3.28. The van der Waals surface area contributed by atoms with Gasteiger partial charge in [-0.1, -0.05) is 0 Å². The molecule has 4 heteroatoms. The maximum Gasteiger partial charge on any atom is 0.255 e. The van der Waals surface area contributed by atoms with Crippen LogP contribution >= 0.6 is 0 Å². The van der Waals surface area contributed by atoms with Gasteiger partial charge in [0.05, 0.1) is 26.1 Å². The normalized spacial score (nSPS) is 15.3. The van der Waals surface area contributed by atoms with E-state index in [0.717, 1.165) is 6.92 Å². The van der Waals surface area contributed by atoms with Crippen molar-refractivity contribution in [2.75, 3.05) is 20.2 Å². The van der Waals surface area contributed by atoms with Crippen molar-refractivity contribution in [1.82, 2.24) is 0 Å². The molecule has 0 amide bonds. The lowest BCUT2D eigenvalue weighted by Crippen LogP contribution is -2.82. The van der Waals surface area contributed by atoms with E-state index in [4.69, 9.17) is 5.11 Å². The molecular weight excluding hydrogens is 140 g/mol. The van der Waals surface area contributed by atoms with E-state index in [-0.39, 0.29) is 6.54 Å². The Morgan fingerprint density at radius 3 is 2.20 bits per heavy atom. The molecule has 0 spiro atoms. The number of aliphatic hydroxyl groups excluding tert-OH is 1. The van der Waals surface area contributed by atoms with E-state index in [9.17, 15) is 8.78 Å².